The topological polar surface area (TPSA) is 84.5 Å². The van der Waals surface area contributed by atoms with Crippen LogP contribution in [-0.4, -0.2) is 28.1 Å². The number of methoxy groups -OCH3 is 1. The molecule has 2 N–H and O–H groups in total. The van der Waals surface area contributed by atoms with Crippen molar-refractivity contribution in [1.82, 2.24) is 10.0 Å². The number of sulfonamides is 1. The van der Waals surface area contributed by atoms with Crippen molar-refractivity contribution in [1.29, 1.82) is 0 Å². The summed E-state index contributed by atoms with van der Waals surface area (Å²) in [6.07, 6.45) is 2.41. The Morgan fingerprint density at radius 3 is 2.42 bits per heavy atom. The van der Waals surface area contributed by atoms with Crippen LogP contribution < -0.4 is 14.8 Å². The fourth-order valence-electron chi connectivity index (χ4n) is 2.49. The maximum atomic E-state index is 12.1. The molecule has 2 amide bonds. The number of nitrogens with one attached hydrogen (secondary N) is 2. The lowest BCUT2D eigenvalue weighted by Crippen LogP contribution is -2.39. The number of hydrogen-bond acceptors (Lipinski definition) is 4. The lowest BCUT2D eigenvalue weighted by Gasteiger charge is -2.10. The molecule has 0 aliphatic carbocycles. The Morgan fingerprint density at radius 1 is 1.04 bits per heavy atom. The summed E-state index contributed by atoms with van der Waals surface area (Å²) in [5, 5.41) is 2.57. The van der Waals surface area contributed by atoms with Gasteiger partial charge in [0.1, 0.15) is 5.75 Å². The number of unbranched alkanes of at least 4 members (excludes halogenated alkanes) is 1. The first-order valence-corrected chi connectivity index (χ1v) is 9.90. The molecule has 0 atom stereocenters. The molecule has 0 heterocycles. The SMILES string of the molecule is COc1ccccc1CCCCNC(=O)NS(=O)(=O)c1ccc(C)cc1. The Bertz CT molecular complexity index is 833. The van der Waals surface area contributed by atoms with Gasteiger partial charge in [-0.1, -0.05) is 35.9 Å². The van der Waals surface area contributed by atoms with E-state index in [0.717, 1.165) is 36.1 Å². The third kappa shape index (κ3) is 5.77. The van der Waals surface area contributed by atoms with E-state index in [9.17, 15) is 13.2 Å². The summed E-state index contributed by atoms with van der Waals surface area (Å²) in [6, 6.07) is 13.4. The van der Waals surface area contributed by atoms with Crippen LogP contribution in [0.1, 0.15) is 24.0 Å². The van der Waals surface area contributed by atoms with Gasteiger partial charge in [-0.3, -0.25) is 0 Å². The molecule has 2 rings (SSSR count). The normalized spacial score (nSPS) is 11.0. The molecular formula is C19H24N2O4S. The van der Waals surface area contributed by atoms with Gasteiger partial charge in [-0.15, -0.1) is 0 Å². The lowest BCUT2D eigenvalue weighted by molar-refractivity contribution is 0.245. The van der Waals surface area contributed by atoms with Crippen molar-refractivity contribution >= 4 is 16.1 Å². The molecule has 0 unspecified atom stereocenters. The Hall–Kier alpha value is -2.54. The number of rotatable bonds is 8. The van der Waals surface area contributed by atoms with Gasteiger partial charge in [0, 0.05) is 6.54 Å². The maximum Gasteiger partial charge on any atom is 0.328 e. The second-order valence-electron chi connectivity index (χ2n) is 5.94. The predicted octanol–water partition coefficient (Wildman–Crippen LogP) is 3.01. The molecule has 6 nitrogen and oxygen atoms in total. The Morgan fingerprint density at radius 2 is 1.73 bits per heavy atom. The minimum absolute atomic E-state index is 0.0643. The summed E-state index contributed by atoms with van der Waals surface area (Å²) in [6.45, 7) is 2.26. The van der Waals surface area contributed by atoms with Crippen molar-refractivity contribution in [3.05, 3.63) is 59.7 Å². The molecule has 0 radical (unpaired) electrons. The van der Waals surface area contributed by atoms with E-state index in [1.807, 2.05) is 35.9 Å². The highest BCUT2D eigenvalue weighted by Crippen LogP contribution is 2.19. The molecule has 0 aliphatic rings. The minimum Gasteiger partial charge on any atom is -0.496 e. The van der Waals surface area contributed by atoms with Crippen LogP contribution in [0, 0.1) is 6.92 Å². The molecule has 0 bridgehead atoms. The van der Waals surface area contributed by atoms with Gasteiger partial charge in [-0.05, 0) is 49.9 Å². The van der Waals surface area contributed by atoms with Crippen LogP contribution in [0.25, 0.3) is 0 Å². The molecular weight excluding hydrogens is 352 g/mol. The van der Waals surface area contributed by atoms with E-state index >= 15 is 0 Å². The van der Waals surface area contributed by atoms with E-state index in [0.29, 0.717) is 6.54 Å². The number of aryl methyl sites for hydroxylation is 2. The molecule has 0 aliphatic heterocycles. The monoisotopic (exact) mass is 376 g/mol. The zero-order chi connectivity index (χ0) is 19.0. The Balaban J connectivity index is 1.74. The molecule has 2 aromatic rings. The average Bonchev–Trinajstić information content (AvgIpc) is 2.61. The second-order valence-corrected chi connectivity index (χ2v) is 7.63. The molecule has 0 saturated carbocycles. The van der Waals surface area contributed by atoms with Crippen molar-refractivity contribution in [3.8, 4) is 5.75 Å². The third-order valence-electron chi connectivity index (χ3n) is 3.91. The summed E-state index contributed by atoms with van der Waals surface area (Å²) in [5.41, 5.74) is 2.06. The predicted molar refractivity (Wildman–Crippen MR) is 101 cm³/mol. The van der Waals surface area contributed by atoms with Gasteiger partial charge in [-0.25, -0.2) is 17.9 Å². The van der Waals surface area contributed by atoms with E-state index in [1.54, 1.807) is 19.2 Å². The summed E-state index contributed by atoms with van der Waals surface area (Å²) in [4.78, 5) is 11.9. The molecule has 26 heavy (non-hydrogen) atoms. The van der Waals surface area contributed by atoms with Gasteiger partial charge in [0.15, 0.2) is 0 Å². The first kappa shape index (κ1) is 19.8. The van der Waals surface area contributed by atoms with Crippen LogP contribution >= 0.6 is 0 Å². The first-order valence-electron chi connectivity index (χ1n) is 8.41. The minimum atomic E-state index is -3.85. The van der Waals surface area contributed by atoms with Crippen molar-refractivity contribution in [2.45, 2.75) is 31.1 Å². The van der Waals surface area contributed by atoms with Gasteiger partial charge in [0.05, 0.1) is 12.0 Å². The average molecular weight is 376 g/mol. The van der Waals surface area contributed by atoms with E-state index in [4.69, 9.17) is 4.74 Å². The van der Waals surface area contributed by atoms with Crippen molar-refractivity contribution < 1.29 is 17.9 Å². The standard InChI is InChI=1S/C19H24N2O4S/c1-15-10-12-17(13-11-15)26(23,24)21-19(22)20-14-6-5-8-16-7-3-4-9-18(16)25-2/h3-4,7,9-13H,5-6,8,14H2,1-2H3,(H2,20,21,22). The second kappa shape index (κ2) is 9.24. The van der Waals surface area contributed by atoms with Crippen LogP contribution in [0.3, 0.4) is 0 Å². The van der Waals surface area contributed by atoms with Gasteiger partial charge in [0.25, 0.3) is 10.0 Å². The van der Waals surface area contributed by atoms with E-state index in [1.165, 1.54) is 12.1 Å². The number of carbonyl (C=O) groups is 1. The van der Waals surface area contributed by atoms with Crippen molar-refractivity contribution in [2.75, 3.05) is 13.7 Å². The fraction of sp³-hybridized carbons (Fsp3) is 0.316. The van der Waals surface area contributed by atoms with Crippen molar-refractivity contribution in [2.24, 2.45) is 0 Å². The summed E-state index contributed by atoms with van der Waals surface area (Å²) in [5.74, 6) is 0.849. The fourth-order valence-corrected chi connectivity index (χ4v) is 3.41. The number of benzene rings is 2. The lowest BCUT2D eigenvalue weighted by atomic mass is 10.1. The molecule has 0 fully saturated rings. The smallest absolute Gasteiger partial charge is 0.328 e. The van der Waals surface area contributed by atoms with Crippen LogP contribution in [0.2, 0.25) is 0 Å². The van der Waals surface area contributed by atoms with E-state index in [-0.39, 0.29) is 4.90 Å². The summed E-state index contributed by atoms with van der Waals surface area (Å²) >= 11 is 0. The van der Waals surface area contributed by atoms with Gasteiger partial charge >= 0.3 is 6.03 Å². The zero-order valence-corrected chi connectivity index (χ0v) is 15.8. The quantitative estimate of drug-likeness (QED) is 0.694. The highest BCUT2D eigenvalue weighted by molar-refractivity contribution is 7.90. The van der Waals surface area contributed by atoms with Gasteiger partial charge in [0.2, 0.25) is 0 Å². The molecule has 2 aromatic carbocycles. The number of carbonyl (C=O) groups excluding carboxylic acids is 1. The van der Waals surface area contributed by atoms with Gasteiger partial charge < -0.3 is 10.1 Å². The number of urea groups is 1. The van der Waals surface area contributed by atoms with Crippen LogP contribution in [0.4, 0.5) is 4.79 Å². The van der Waals surface area contributed by atoms with Crippen LogP contribution in [0.15, 0.2) is 53.4 Å². The number of ether oxygens (including phenoxy) is 1. The van der Waals surface area contributed by atoms with Gasteiger partial charge in [-0.2, -0.15) is 0 Å². The number of hydrogen-bond donors (Lipinski definition) is 2. The highest BCUT2D eigenvalue weighted by Gasteiger charge is 2.16. The van der Waals surface area contributed by atoms with Crippen LogP contribution in [0.5, 0.6) is 5.75 Å². The third-order valence-corrected chi connectivity index (χ3v) is 5.26. The van der Waals surface area contributed by atoms with E-state index < -0.39 is 16.1 Å². The molecule has 140 valence electrons. The van der Waals surface area contributed by atoms with E-state index in [2.05, 4.69) is 5.32 Å². The largest absolute Gasteiger partial charge is 0.496 e. The molecule has 0 aromatic heterocycles. The Kier molecular flexibility index (Phi) is 7.03. The highest BCUT2D eigenvalue weighted by atomic mass is 32.2. The molecule has 0 saturated heterocycles. The first-order chi connectivity index (χ1) is 12.4. The molecule has 0 spiro atoms. The zero-order valence-electron chi connectivity index (χ0n) is 15.0. The molecule has 7 heteroatoms. The summed E-state index contributed by atoms with van der Waals surface area (Å²) < 4.78 is 31.5. The number of amides is 2. The Labute approximate surface area is 154 Å². The number of para-hydroxylation sites is 1. The summed E-state index contributed by atoms with van der Waals surface area (Å²) in [7, 11) is -2.21. The van der Waals surface area contributed by atoms with Crippen molar-refractivity contribution in [3.63, 3.8) is 0 Å². The maximum absolute atomic E-state index is 12.1. The van der Waals surface area contributed by atoms with Crippen LogP contribution in [-0.2, 0) is 16.4 Å².